The van der Waals surface area contributed by atoms with Crippen LogP contribution in [0.2, 0.25) is 0 Å². The summed E-state index contributed by atoms with van der Waals surface area (Å²) >= 11 is 0. The minimum Gasteiger partial charge on any atom is -0.491 e. The van der Waals surface area contributed by atoms with Gasteiger partial charge in [0.25, 0.3) is 0 Å². The summed E-state index contributed by atoms with van der Waals surface area (Å²) in [6.45, 7) is 15.8. The van der Waals surface area contributed by atoms with Gasteiger partial charge in [-0.25, -0.2) is 9.97 Å². The van der Waals surface area contributed by atoms with E-state index in [1.54, 1.807) is 0 Å². The van der Waals surface area contributed by atoms with E-state index in [2.05, 4.69) is 43.3 Å². The Morgan fingerprint density at radius 1 is 1.13 bits per heavy atom. The summed E-state index contributed by atoms with van der Waals surface area (Å²) in [5.74, 6) is 2.94. The highest BCUT2D eigenvalue weighted by atomic mass is 16.5. The molecule has 0 radical (unpaired) electrons. The van der Waals surface area contributed by atoms with Gasteiger partial charge in [0.1, 0.15) is 17.2 Å². The average molecular weight is 610 g/mol. The van der Waals surface area contributed by atoms with Crippen molar-refractivity contribution in [1.29, 1.82) is 5.41 Å². The molecule has 0 aliphatic carbocycles. The molecule has 3 aromatic rings. The molecule has 3 aliphatic heterocycles. The Morgan fingerprint density at radius 3 is 2.47 bits per heavy atom. The number of likely N-dealkylation sites (tertiary alicyclic amines) is 2. The first-order chi connectivity index (χ1) is 21.7. The van der Waals surface area contributed by atoms with Crippen molar-refractivity contribution in [2.75, 3.05) is 63.6 Å². The first kappa shape index (κ1) is 31.0. The number of anilines is 2. The molecule has 0 atom stereocenters. The van der Waals surface area contributed by atoms with Crippen LogP contribution in [-0.4, -0.2) is 84.8 Å². The van der Waals surface area contributed by atoms with Crippen molar-refractivity contribution in [1.82, 2.24) is 19.8 Å². The quantitative estimate of drug-likeness (QED) is 0.195. The maximum atomic E-state index is 12.2. The normalized spacial score (nSPS) is 18.7. The molecule has 45 heavy (non-hydrogen) atoms. The number of amides is 1. The molecule has 238 valence electrons. The van der Waals surface area contributed by atoms with E-state index in [-0.39, 0.29) is 17.2 Å². The van der Waals surface area contributed by atoms with Gasteiger partial charge in [0, 0.05) is 65.9 Å². The average Bonchev–Trinajstić information content (AvgIpc) is 3.04. The van der Waals surface area contributed by atoms with E-state index in [1.165, 1.54) is 12.3 Å². The molecule has 0 bridgehead atoms. The smallest absolute Gasteiger partial charge is 0.245 e. The zero-order valence-electron chi connectivity index (χ0n) is 27.3. The first-order valence-corrected chi connectivity index (χ1v) is 16.5. The number of nitrogens with zero attached hydrogens (tertiary/aromatic N) is 5. The fraction of sp³-hybridized carbons (Fsp3) is 0.500. The van der Waals surface area contributed by atoms with Crippen LogP contribution in [0.1, 0.15) is 68.0 Å². The SMILES string of the molecule is C=CC(=O)N1CC2(CCN(c3nc(C4CCN(C)CC4)nc4c(OCC)c(-c5c(C)ccc(N)c5C=N)c(CC)cc34)CC2)C1. The Hall–Kier alpha value is -3.98. The lowest BCUT2D eigenvalue weighted by molar-refractivity contribution is -0.139. The zero-order valence-corrected chi connectivity index (χ0v) is 27.3. The van der Waals surface area contributed by atoms with Crippen molar-refractivity contribution in [3.63, 3.8) is 0 Å². The fourth-order valence-electron chi connectivity index (χ4n) is 7.61. The van der Waals surface area contributed by atoms with Gasteiger partial charge < -0.3 is 30.6 Å². The second-order valence-electron chi connectivity index (χ2n) is 13.2. The molecule has 2 aromatic carbocycles. The standard InChI is InChI=1S/C36H47N7O2/c1-6-24-19-26-32(33(45-8-3)31(24)30-23(4)9-10-28(38)27(30)20-37)39-34(25-11-15-41(5)16-12-25)40-35(26)42-17-13-36(14-18-42)21-43(22-36)29(44)7-2/h7,9-10,19-20,25,37H,2,6,8,11-18,21-22,38H2,1,3-5H3. The summed E-state index contributed by atoms with van der Waals surface area (Å²) in [4.78, 5) is 29.6. The minimum absolute atomic E-state index is 0.0283. The lowest BCUT2D eigenvalue weighted by Gasteiger charge is -2.54. The van der Waals surface area contributed by atoms with Crippen LogP contribution in [0, 0.1) is 17.7 Å². The molecule has 0 unspecified atom stereocenters. The van der Waals surface area contributed by atoms with Gasteiger partial charge in [0.2, 0.25) is 5.91 Å². The number of nitrogens with two attached hydrogens (primary N) is 1. The van der Waals surface area contributed by atoms with Gasteiger partial charge in [-0.1, -0.05) is 19.6 Å². The molecule has 1 amide bonds. The molecule has 3 aliphatic rings. The summed E-state index contributed by atoms with van der Waals surface area (Å²) in [5, 5.41) is 9.29. The number of hydrogen-bond acceptors (Lipinski definition) is 8. The molecule has 3 saturated heterocycles. The number of rotatable bonds is 8. The molecule has 6 rings (SSSR count). The monoisotopic (exact) mass is 609 g/mol. The van der Waals surface area contributed by atoms with Gasteiger partial charge in [0.15, 0.2) is 5.75 Å². The maximum Gasteiger partial charge on any atom is 0.245 e. The number of aromatic nitrogens is 2. The second-order valence-corrected chi connectivity index (χ2v) is 13.2. The van der Waals surface area contributed by atoms with E-state index in [1.807, 2.05) is 24.0 Å². The van der Waals surface area contributed by atoms with Crippen LogP contribution in [0.15, 0.2) is 30.9 Å². The summed E-state index contributed by atoms with van der Waals surface area (Å²) in [5.41, 5.74) is 12.8. The number of ether oxygens (including phenoxy) is 1. The number of fused-ring (bicyclic) bond motifs is 1. The summed E-state index contributed by atoms with van der Waals surface area (Å²) in [6, 6.07) is 6.16. The van der Waals surface area contributed by atoms with Gasteiger partial charge in [0.05, 0.1) is 6.61 Å². The maximum absolute atomic E-state index is 12.2. The topological polar surface area (TPSA) is 112 Å². The predicted octanol–water partition coefficient (Wildman–Crippen LogP) is 5.57. The van der Waals surface area contributed by atoms with Crippen LogP contribution in [-0.2, 0) is 11.2 Å². The van der Waals surface area contributed by atoms with Crippen molar-refractivity contribution in [2.24, 2.45) is 5.41 Å². The van der Waals surface area contributed by atoms with Gasteiger partial charge in [-0.05, 0) is 101 Å². The lowest BCUT2D eigenvalue weighted by Crippen LogP contribution is -2.61. The third-order valence-corrected chi connectivity index (χ3v) is 10.3. The largest absolute Gasteiger partial charge is 0.491 e. The van der Waals surface area contributed by atoms with Gasteiger partial charge in [-0.15, -0.1) is 0 Å². The Morgan fingerprint density at radius 2 is 1.84 bits per heavy atom. The van der Waals surface area contributed by atoms with Crippen molar-refractivity contribution in [2.45, 2.75) is 58.8 Å². The minimum atomic E-state index is 0.0283. The fourth-order valence-corrected chi connectivity index (χ4v) is 7.61. The molecular weight excluding hydrogens is 562 g/mol. The number of carbonyl (C=O) groups excluding carboxylic acids is 1. The third-order valence-electron chi connectivity index (χ3n) is 10.3. The Labute approximate surface area is 267 Å². The number of nitrogen functional groups attached to an aromatic ring is 1. The summed E-state index contributed by atoms with van der Waals surface area (Å²) in [7, 11) is 2.18. The van der Waals surface area contributed by atoms with Crippen molar-refractivity contribution < 1.29 is 9.53 Å². The van der Waals surface area contributed by atoms with Crippen LogP contribution >= 0.6 is 0 Å². The molecule has 3 fully saturated rings. The Bertz CT molecular complexity index is 1630. The van der Waals surface area contributed by atoms with Crippen LogP contribution in [0.3, 0.4) is 0 Å². The number of hydrogen-bond donors (Lipinski definition) is 2. The molecule has 1 aromatic heterocycles. The van der Waals surface area contributed by atoms with E-state index in [0.717, 1.165) is 122 Å². The molecule has 9 nitrogen and oxygen atoms in total. The molecule has 4 heterocycles. The highest BCUT2D eigenvalue weighted by Gasteiger charge is 2.46. The lowest BCUT2D eigenvalue weighted by atomic mass is 9.72. The number of nitrogens with one attached hydrogen (secondary N) is 1. The van der Waals surface area contributed by atoms with Crippen molar-refractivity contribution in [3.05, 3.63) is 53.4 Å². The third kappa shape index (κ3) is 5.56. The van der Waals surface area contributed by atoms with Gasteiger partial charge in [-0.3, -0.25) is 4.79 Å². The second kappa shape index (κ2) is 12.4. The first-order valence-electron chi connectivity index (χ1n) is 16.5. The van der Waals surface area contributed by atoms with Crippen molar-refractivity contribution in [3.8, 4) is 16.9 Å². The highest BCUT2D eigenvalue weighted by molar-refractivity contribution is 6.04. The van der Waals surface area contributed by atoms with Gasteiger partial charge >= 0.3 is 0 Å². The molecular formula is C36H47N7O2. The van der Waals surface area contributed by atoms with E-state index in [9.17, 15) is 4.79 Å². The molecule has 1 spiro atoms. The predicted molar refractivity (Wildman–Crippen MR) is 183 cm³/mol. The molecule has 0 saturated carbocycles. The van der Waals surface area contributed by atoms with E-state index >= 15 is 0 Å². The van der Waals surface area contributed by atoms with Crippen LogP contribution in [0.4, 0.5) is 11.5 Å². The number of benzene rings is 2. The van der Waals surface area contributed by atoms with E-state index < -0.39 is 0 Å². The summed E-state index contributed by atoms with van der Waals surface area (Å²) in [6.07, 6.45) is 7.65. The highest BCUT2D eigenvalue weighted by Crippen LogP contribution is 2.47. The van der Waals surface area contributed by atoms with Crippen LogP contribution in [0.5, 0.6) is 5.75 Å². The van der Waals surface area contributed by atoms with Gasteiger partial charge in [-0.2, -0.15) is 0 Å². The molecule has 9 heteroatoms. The van der Waals surface area contributed by atoms with Crippen LogP contribution < -0.4 is 15.4 Å². The number of aryl methyl sites for hydroxylation is 2. The number of carbonyl (C=O) groups is 1. The number of piperidine rings is 2. The Kier molecular flexibility index (Phi) is 8.57. The zero-order chi connectivity index (χ0) is 31.9. The van der Waals surface area contributed by atoms with Crippen LogP contribution in [0.25, 0.3) is 22.0 Å². The molecule has 3 N–H and O–H groups in total. The van der Waals surface area contributed by atoms with E-state index in [0.29, 0.717) is 17.9 Å². The van der Waals surface area contributed by atoms with Crippen molar-refractivity contribution >= 4 is 34.5 Å². The Balaban J connectivity index is 1.51. The summed E-state index contributed by atoms with van der Waals surface area (Å²) < 4.78 is 6.57. The van der Waals surface area contributed by atoms with E-state index in [4.69, 9.17) is 25.8 Å².